The van der Waals surface area contributed by atoms with Crippen molar-refractivity contribution in [2.75, 3.05) is 4.90 Å². The van der Waals surface area contributed by atoms with E-state index >= 15 is 0 Å². The largest absolute Gasteiger partial charge is 0.503 e. The number of amides is 1. The molecule has 0 saturated carbocycles. The Morgan fingerprint density at radius 3 is 2.15 bits per heavy atom. The van der Waals surface area contributed by atoms with Crippen molar-refractivity contribution in [2.24, 2.45) is 0 Å². The first-order valence-corrected chi connectivity index (χ1v) is 9.18. The van der Waals surface area contributed by atoms with Crippen molar-refractivity contribution in [3.05, 3.63) is 106 Å². The summed E-state index contributed by atoms with van der Waals surface area (Å²) in [5.74, 6) is -1.18. The van der Waals surface area contributed by atoms with Crippen LogP contribution in [-0.2, 0) is 4.79 Å². The summed E-state index contributed by atoms with van der Waals surface area (Å²) in [6.07, 6.45) is 0. The lowest BCUT2D eigenvalue weighted by Crippen LogP contribution is -2.30. The van der Waals surface area contributed by atoms with Crippen LogP contribution in [0.3, 0.4) is 0 Å². The molecular formula is C22H15BrFNO2. The van der Waals surface area contributed by atoms with Gasteiger partial charge in [0.05, 0.1) is 6.04 Å². The Morgan fingerprint density at radius 1 is 0.889 bits per heavy atom. The minimum absolute atomic E-state index is 0.293. The lowest BCUT2D eigenvalue weighted by Gasteiger charge is -2.27. The predicted molar refractivity (Wildman–Crippen MR) is 107 cm³/mol. The minimum atomic E-state index is -0.515. The Morgan fingerprint density at radius 2 is 1.52 bits per heavy atom. The van der Waals surface area contributed by atoms with Crippen molar-refractivity contribution in [3.8, 4) is 0 Å². The molecule has 5 heteroatoms. The monoisotopic (exact) mass is 423 g/mol. The first-order chi connectivity index (χ1) is 13.1. The average Bonchev–Trinajstić information content (AvgIpc) is 2.95. The summed E-state index contributed by atoms with van der Waals surface area (Å²) in [6, 6.07) is 22.1. The van der Waals surface area contributed by atoms with Crippen LogP contribution in [0.4, 0.5) is 10.1 Å². The summed E-state index contributed by atoms with van der Waals surface area (Å²) in [4.78, 5) is 14.4. The van der Waals surface area contributed by atoms with E-state index in [1.54, 1.807) is 12.1 Å². The first-order valence-electron chi connectivity index (χ1n) is 8.39. The second-order valence-corrected chi connectivity index (χ2v) is 7.15. The van der Waals surface area contributed by atoms with E-state index < -0.39 is 11.9 Å². The van der Waals surface area contributed by atoms with E-state index in [2.05, 4.69) is 15.9 Å². The number of hydrogen-bond acceptors (Lipinski definition) is 2. The number of carbonyl (C=O) groups is 1. The summed E-state index contributed by atoms with van der Waals surface area (Å²) in [5, 5.41) is 10.7. The Labute approximate surface area is 164 Å². The Hall–Kier alpha value is -2.92. The number of benzene rings is 3. The van der Waals surface area contributed by atoms with Crippen molar-refractivity contribution in [1.82, 2.24) is 0 Å². The maximum absolute atomic E-state index is 13.4. The van der Waals surface area contributed by atoms with Gasteiger partial charge in [-0.05, 0) is 47.5 Å². The molecule has 1 N–H and O–H groups in total. The van der Waals surface area contributed by atoms with Gasteiger partial charge in [-0.3, -0.25) is 9.69 Å². The molecule has 3 aromatic carbocycles. The van der Waals surface area contributed by atoms with E-state index in [1.165, 1.54) is 17.0 Å². The van der Waals surface area contributed by atoms with E-state index in [0.29, 0.717) is 11.3 Å². The van der Waals surface area contributed by atoms with Gasteiger partial charge in [-0.2, -0.15) is 0 Å². The zero-order chi connectivity index (χ0) is 19.0. The molecule has 1 heterocycles. The van der Waals surface area contributed by atoms with Gasteiger partial charge in [-0.15, -0.1) is 0 Å². The first kappa shape index (κ1) is 17.5. The number of halogens is 2. The summed E-state index contributed by atoms with van der Waals surface area (Å²) < 4.78 is 14.3. The fourth-order valence-corrected chi connectivity index (χ4v) is 3.61. The second-order valence-electron chi connectivity index (χ2n) is 6.23. The Balaban J connectivity index is 1.90. The van der Waals surface area contributed by atoms with Gasteiger partial charge >= 0.3 is 0 Å². The number of aliphatic hydroxyl groups excluding tert-OH is 1. The van der Waals surface area contributed by atoms with E-state index in [0.717, 1.165) is 15.6 Å². The molecular weight excluding hydrogens is 409 g/mol. The van der Waals surface area contributed by atoms with Crippen LogP contribution in [-0.4, -0.2) is 11.0 Å². The standard InChI is InChI=1S/C22H15BrFNO2/c23-16-8-6-15(7-9-16)20-19(14-4-2-1-3-5-14)21(26)22(27)25(20)18-12-10-17(24)11-13-18/h1-13,20,26H/t20-/m0/s1. The van der Waals surface area contributed by atoms with Gasteiger partial charge in [-0.1, -0.05) is 58.4 Å². The van der Waals surface area contributed by atoms with Crippen LogP contribution in [0.15, 0.2) is 89.1 Å². The van der Waals surface area contributed by atoms with Gasteiger partial charge in [0.25, 0.3) is 5.91 Å². The molecule has 0 fully saturated rings. The summed E-state index contributed by atoms with van der Waals surface area (Å²) >= 11 is 3.42. The SMILES string of the molecule is O=C1C(O)=C(c2ccccc2)[C@H](c2ccc(Br)cc2)N1c1ccc(F)cc1. The maximum atomic E-state index is 13.4. The van der Waals surface area contributed by atoms with Crippen LogP contribution >= 0.6 is 15.9 Å². The van der Waals surface area contributed by atoms with Crippen molar-refractivity contribution >= 4 is 33.1 Å². The fourth-order valence-electron chi connectivity index (χ4n) is 3.35. The third-order valence-electron chi connectivity index (χ3n) is 4.58. The Kier molecular flexibility index (Phi) is 4.54. The molecule has 4 rings (SSSR count). The molecule has 0 saturated heterocycles. The van der Waals surface area contributed by atoms with Crippen molar-refractivity contribution in [1.29, 1.82) is 0 Å². The van der Waals surface area contributed by atoms with Crippen molar-refractivity contribution < 1.29 is 14.3 Å². The minimum Gasteiger partial charge on any atom is -0.503 e. The lowest BCUT2D eigenvalue weighted by molar-refractivity contribution is -0.117. The maximum Gasteiger partial charge on any atom is 0.294 e. The van der Waals surface area contributed by atoms with Crippen LogP contribution in [0, 0.1) is 5.82 Å². The predicted octanol–water partition coefficient (Wildman–Crippen LogP) is 5.65. The molecule has 0 spiro atoms. The molecule has 134 valence electrons. The summed E-state index contributed by atoms with van der Waals surface area (Å²) in [6.45, 7) is 0. The van der Waals surface area contributed by atoms with Gasteiger partial charge in [0.1, 0.15) is 5.82 Å². The molecule has 27 heavy (non-hydrogen) atoms. The normalized spacial score (nSPS) is 16.9. The molecule has 0 aromatic heterocycles. The summed E-state index contributed by atoms with van der Waals surface area (Å²) in [5.41, 5.74) is 2.67. The van der Waals surface area contributed by atoms with Crippen LogP contribution in [0.2, 0.25) is 0 Å². The molecule has 0 radical (unpaired) electrons. The highest BCUT2D eigenvalue weighted by molar-refractivity contribution is 9.10. The van der Waals surface area contributed by atoms with Crippen molar-refractivity contribution in [3.63, 3.8) is 0 Å². The van der Waals surface area contributed by atoms with E-state index in [9.17, 15) is 14.3 Å². The van der Waals surface area contributed by atoms with Gasteiger partial charge in [0, 0.05) is 15.7 Å². The van der Waals surface area contributed by atoms with Crippen LogP contribution in [0.1, 0.15) is 17.2 Å². The molecule has 1 aliphatic rings. The zero-order valence-corrected chi connectivity index (χ0v) is 15.7. The van der Waals surface area contributed by atoms with Crippen LogP contribution < -0.4 is 4.90 Å². The Bertz CT molecular complexity index is 1010. The quantitative estimate of drug-likeness (QED) is 0.591. The second kappa shape index (κ2) is 7.00. The summed E-state index contributed by atoms with van der Waals surface area (Å²) in [7, 11) is 0. The number of rotatable bonds is 3. The van der Waals surface area contributed by atoms with Crippen molar-refractivity contribution in [2.45, 2.75) is 6.04 Å². The van der Waals surface area contributed by atoms with Gasteiger partial charge in [-0.25, -0.2) is 4.39 Å². The molecule has 3 nitrogen and oxygen atoms in total. The molecule has 1 aliphatic heterocycles. The molecule has 1 amide bonds. The zero-order valence-electron chi connectivity index (χ0n) is 14.1. The molecule has 0 aliphatic carbocycles. The average molecular weight is 424 g/mol. The van der Waals surface area contributed by atoms with E-state index in [-0.39, 0.29) is 11.6 Å². The highest BCUT2D eigenvalue weighted by atomic mass is 79.9. The lowest BCUT2D eigenvalue weighted by atomic mass is 9.93. The number of nitrogens with zero attached hydrogens (tertiary/aromatic N) is 1. The number of hydrogen-bond donors (Lipinski definition) is 1. The smallest absolute Gasteiger partial charge is 0.294 e. The number of aliphatic hydroxyl groups is 1. The number of anilines is 1. The van der Waals surface area contributed by atoms with Crippen LogP contribution in [0.5, 0.6) is 0 Å². The van der Waals surface area contributed by atoms with Gasteiger partial charge in [0.15, 0.2) is 5.76 Å². The van der Waals surface area contributed by atoms with E-state index in [4.69, 9.17) is 0 Å². The van der Waals surface area contributed by atoms with Crippen LogP contribution in [0.25, 0.3) is 5.57 Å². The fraction of sp³-hybridized carbons (Fsp3) is 0.0455. The van der Waals surface area contributed by atoms with Gasteiger partial charge < -0.3 is 5.11 Å². The molecule has 1 atom stereocenters. The third-order valence-corrected chi connectivity index (χ3v) is 5.11. The molecule has 0 bridgehead atoms. The highest BCUT2D eigenvalue weighted by Crippen LogP contribution is 2.45. The third kappa shape index (κ3) is 3.15. The number of carbonyl (C=O) groups excluding carboxylic acids is 1. The van der Waals surface area contributed by atoms with Gasteiger partial charge in [0.2, 0.25) is 0 Å². The molecule has 0 unspecified atom stereocenters. The molecule has 3 aromatic rings. The van der Waals surface area contributed by atoms with E-state index in [1.807, 2.05) is 54.6 Å². The topological polar surface area (TPSA) is 40.5 Å². The highest BCUT2D eigenvalue weighted by Gasteiger charge is 2.41.